The van der Waals surface area contributed by atoms with E-state index in [-0.39, 0.29) is 17.9 Å². The molecule has 1 aromatic rings. The maximum absolute atomic E-state index is 12.4. The number of sulfonamides is 1. The first-order valence-corrected chi connectivity index (χ1v) is 11.3. The van der Waals surface area contributed by atoms with Crippen LogP contribution in [0.15, 0.2) is 29.2 Å². The first-order valence-electron chi connectivity index (χ1n) is 8.59. The van der Waals surface area contributed by atoms with Crippen molar-refractivity contribution in [2.75, 3.05) is 11.6 Å². The van der Waals surface area contributed by atoms with Crippen molar-refractivity contribution in [3.8, 4) is 0 Å². The predicted octanol–water partition coefficient (Wildman–Crippen LogP) is 3.62. The van der Waals surface area contributed by atoms with Crippen LogP contribution in [0.1, 0.15) is 46.5 Å². The molecule has 1 amide bonds. The molecule has 0 heterocycles. The summed E-state index contributed by atoms with van der Waals surface area (Å²) in [7, 11) is -3.34. The molecule has 2 rings (SSSR count). The quantitative estimate of drug-likeness (QED) is 0.760. The second kappa shape index (κ2) is 8.10. The molecule has 0 aliphatic heterocycles. The molecular formula is C18H28N2O3S2. The van der Waals surface area contributed by atoms with E-state index in [2.05, 4.69) is 10.0 Å². The highest BCUT2D eigenvalue weighted by molar-refractivity contribution is 7.98. The lowest BCUT2D eigenvalue weighted by Gasteiger charge is -2.30. The number of hydrogen-bond donors (Lipinski definition) is 2. The second-order valence-electron chi connectivity index (χ2n) is 7.50. The summed E-state index contributed by atoms with van der Waals surface area (Å²) in [5.74, 6) is -0.0374. The highest BCUT2D eigenvalue weighted by atomic mass is 32.2. The van der Waals surface area contributed by atoms with Crippen molar-refractivity contribution >= 4 is 33.4 Å². The number of rotatable bonds is 5. The van der Waals surface area contributed by atoms with Gasteiger partial charge in [0.05, 0.1) is 4.75 Å². The molecule has 1 aromatic carbocycles. The number of hydrogen-bond acceptors (Lipinski definition) is 4. The first kappa shape index (κ1) is 20.3. The fraction of sp³-hybridized carbons (Fsp3) is 0.611. The largest absolute Gasteiger partial charge is 0.326 e. The number of carbonyl (C=O) groups is 1. The molecule has 0 aromatic heterocycles. The Kier molecular flexibility index (Phi) is 6.56. The van der Waals surface area contributed by atoms with Gasteiger partial charge in [-0.2, -0.15) is 0 Å². The van der Waals surface area contributed by atoms with Crippen molar-refractivity contribution in [3.05, 3.63) is 24.3 Å². The molecule has 0 radical (unpaired) electrons. The van der Waals surface area contributed by atoms with Crippen LogP contribution in [0.4, 0.5) is 5.69 Å². The average Bonchev–Trinajstić information content (AvgIpc) is 2.55. The third-order valence-electron chi connectivity index (χ3n) is 4.58. The zero-order valence-corrected chi connectivity index (χ0v) is 17.0. The van der Waals surface area contributed by atoms with Crippen LogP contribution in [0, 0.1) is 5.92 Å². The first-order chi connectivity index (χ1) is 11.6. The van der Waals surface area contributed by atoms with Crippen LogP contribution < -0.4 is 10.0 Å². The van der Waals surface area contributed by atoms with E-state index in [1.165, 1.54) is 0 Å². The van der Waals surface area contributed by atoms with Gasteiger partial charge in [0.15, 0.2) is 0 Å². The van der Waals surface area contributed by atoms with Crippen molar-refractivity contribution in [1.29, 1.82) is 0 Å². The summed E-state index contributed by atoms with van der Waals surface area (Å²) in [6.07, 6.45) is 4.80. The number of nitrogens with one attached hydrogen (secondary N) is 2. The number of carbonyl (C=O) groups excluding carboxylic acids is 1. The minimum absolute atomic E-state index is 0.0223. The minimum Gasteiger partial charge on any atom is -0.326 e. The summed E-state index contributed by atoms with van der Waals surface area (Å²) >= 11 is 1.66. The Morgan fingerprint density at radius 2 is 1.64 bits per heavy atom. The number of benzene rings is 1. The molecule has 1 saturated carbocycles. The van der Waals surface area contributed by atoms with Gasteiger partial charge < -0.3 is 5.32 Å². The topological polar surface area (TPSA) is 75.3 Å². The Hall–Kier alpha value is -1.05. The molecule has 1 aliphatic carbocycles. The lowest BCUT2D eigenvalue weighted by molar-refractivity contribution is -0.120. The van der Waals surface area contributed by atoms with Gasteiger partial charge in [0.1, 0.15) is 0 Å². The lowest BCUT2D eigenvalue weighted by Crippen LogP contribution is -2.46. The predicted molar refractivity (Wildman–Crippen MR) is 104 cm³/mol. The highest BCUT2D eigenvalue weighted by Gasteiger charge is 2.34. The molecule has 0 atom stereocenters. The van der Waals surface area contributed by atoms with Gasteiger partial charge in [-0.15, -0.1) is 11.8 Å². The fourth-order valence-electron chi connectivity index (χ4n) is 2.79. The maximum atomic E-state index is 12.4. The lowest BCUT2D eigenvalue weighted by atomic mass is 9.86. The van der Waals surface area contributed by atoms with Crippen LogP contribution in [0.2, 0.25) is 0 Å². The van der Waals surface area contributed by atoms with Gasteiger partial charge in [0.2, 0.25) is 15.9 Å². The van der Waals surface area contributed by atoms with Gasteiger partial charge in [-0.3, -0.25) is 4.79 Å². The average molecular weight is 385 g/mol. The van der Waals surface area contributed by atoms with Gasteiger partial charge >= 0.3 is 0 Å². The maximum Gasteiger partial charge on any atom is 0.227 e. The summed E-state index contributed by atoms with van der Waals surface area (Å²) < 4.78 is 26.5. The third-order valence-corrected chi connectivity index (χ3v) is 7.58. The standard InChI is InChI=1S/C18H28N2O3S2/c1-18(2,3)25(22,23)20-15-7-5-13(6-8-15)17(21)19-14-9-11-16(24-4)12-10-14/h9-13,15,20H,5-8H2,1-4H3,(H,19,21). The summed E-state index contributed by atoms with van der Waals surface area (Å²) in [4.78, 5) is 13.6. The van der Waals surface area contributed by atoms with Gasteiger partial charge in [-0.1, -0.05) is 0 Å². The smallest absolute Gasteiger partial charge is 0.227 e. The molecule has 0 spiro atoms. The van der Waals surface area contributed by atoms with Crippen molar-refractivity contribution in [2.45, 2.75) is 62.1 Å². The van der Waals surface area contributed by atoms with Crippen molar-refractivity contribution in [1.82, 2.24) is 4.72 Å². The van der Waals surface area contributed by atoms with Crippen molar-refractivity contribution in [2.24, 2.45) is 5.92 Å². The van der Waals surface area contributed by atoms with Gasteiger partial charge in [0, 0.05) is 22.5 Å². The molecule has 2 N–H and O–H groups in total. The molecular weight excluding hydrogens is 356 g/mol. The molecule has 0 saturated heterocycles. The molecule has 5 nitrogen and oxygen atoms in total. The van der Waals surface area contributed by atoms with Gasteiger partial charge in [0.25, 0.3) is 0 Å². The van der Waals surface area contributed by atoms with Crippen LogP contribution in [0.3, 0.4) is 0 Å². The SMILES string of the molecule is CSc1ccc(NC(=O)C2CCC(NS(=O)(=O)C(C)(C)C)CC2)cc1. The van der Waals surface area contributed by atoms with Gasteiger partial charge in [-0.05, 0) is 77.0 Å². The normalized spacial score (nSPS) is 21.8. The van der Waals surface area contributed by atoms with E-state index < -0.39 is 14.8 Å². The molecule has 1 fully saturated rings. The van der Waals surface area contributed by atoms with E-state index in [0.29, 0.717) is 25.7 Å². The van der Waals surface area contributed by atoms with Crippen LogP contribution in [-0.2, 0) is 14.8 Å². The molecule has 0 bridgehead atoms. The van der Waals surface area contributed by atoms with Crippen LogP contribution in [0.25, 0.3) is 0 Å². The van der Waals surface area contributed by atoms with E-state index in [9.17, 15) is 13.2 Å². The Bertz CT molecular complexity index is 686. The van der Waals surface area contributed by atoms with Crippen LogP contribution in [0.5, 0.6) is 0 Å². The van der Waals surface area contributed by atoms with Crippen LogP contribution in [-0.4, -0.2) is 31.4 Å². The van der Waals surface area contributed by atoms with E-state index in [1.807, 2.05) is 30.5 Å². The van der Waals surface area contributed by atoms with E-state index >= 15 is 0 Å². The Morgan fingerprint density at radius 3 is 2.12 bits per heavy atom. The zero-order chi connectivity index (χ0) is 18.7. The molecule has 25 heavy (non-hydrogen) atoms. The summed E-state index contributed by atoms with van der Waals surface area (Å²) in [5.41, 5.74) is 0.804. The monoisotopic (exact) mass is 384 g/mol. The van der Waals surface area contributed by atoms with E-state index in [1.54, 1.807) is 32.5 Å². The zero-order valence-electron chi connectivity index (χ0n) is 15.3. The summed E-state index contributed by atoms with van der Waals surface area (Å²) in [5, 5.41) is 2.96. The minimum atomic E-state index is -3.34. The van der Waals surface area contributed by atoms with Crippen LogP contribution >= 0.6 is 11.8 Å². The van der Waals surface area contributed by atoms with Crippen molar-refractivity contribution < 1.29 is 13.2 Å². The third kappa shape index (κ3) is 5.46. The number of amides is 1. The molecule has 1 aliphatic rings. The Balaban J connectivity index is 1.85. The molecule has 7 heteroatoms. The number of thioether (sulfide) groups is 1. The number of anilines is 1. The van der Waals surface area contributed by atoms with E-state index in [4.69, 9.17) is 0 Å². The van der Waals surface area contributed by atoms with E-state index in [0.717, 1.165) is 10.6 Å². The Morgan fingerprint density at radius 1 is 1.08 bits per heavy atom. The molecule has 140 valence electrons. The van der Waals surface area contributed by atoms with Gasteiger partial charge in [-0.25, -0.2) is 13.1 Å². The summed E-state index contributed by atoms with van der Waals surface area (Å²) in [6.45, 7) is 5.07. The molecule has 0 unspecified atom stereocenters. The summed E-state index contributed by atoms with van der Waals surface area (Å²) in [6, 6.07) is 7.71. The second-order valence-corrected chi connectivity index (χ2v) is 10.8. The fourth-order valence-corrected chi connectivity index (χ4v) is 4.22. The Labute approximate surface area is 155 Å². The highest BCUT2D eigenvalue weighted by Crippen LogP contribution is 2.27. The van der Waals surface area contributed by atoms with Crippen molar-refractivity contribution in [3.63, 3.8) is 0 Å².